The van der Waals surface area contributed by atoms with Crippen LogP contribution < -0.4 is 5.32 Å². The lowest BCUT2D eigenvalue weighted by Crippen LogP contribution is -2.17. The predicted molar refractivity (Wildman–Crippen MR) is 82.6 cm³/mol. The third kappa shape index (κ3) is 2.98. The minimum atomic E-state index is -0.161. The van der Waals surface area contributed by atoms with Gasteiger partial charge in [-0.1, -0.05) is 30.3 Å². The van der Waals surface area contributed by atoms with Gasteiger partial charge in [-0.2, -0.15) is 0 Å². The molecule has 0 bridgehead atoms. The van der Waals surface area contributed by atoms with Crippen LogP contribution in [0.15, 0.2) is 52.9 Å². The first-order valence-electron chi connectivity index (χ1n) is 7.10. The molecule has 1 atom stereocenters. The number of benzene rings is 2. The first-order chi connectivity index (χ1) is 10.1. The van der Waals surface area contributed by atoms with Crippen molar-refractivity contribution >= 4 is 11.0 Å². The van der Waals surface area contributed by atoms with Gasteiger partial charge in [0.15, 0.2) is 0 Å². The molecular weight excluding hydrogens is 265 g/mol. The van der Waals surface area contributed by atoms with E-state index in [0.717, 1.165) is 22.3 Å². The lowest BCUT2D eigenvalue weighted by Gasteiger charge is -2.11. The van der Waals surface area contributed by atoms with Gasteiger partial charge in [-0.3, -0.25) is 0 Å². The molecule has 21 heavy (non-hydrogen) atoms. The normalized spacial score (nSPS) is 12.7. The standard InChI is InChI=1S/C18H18FNO/c1-12-7-8-14(9-16(12)19)11-20-13(2)18-10-15-5-3-4-6-17(15)21-18/h3-10,13,20H,11H2,1-2H3. The number of halogens is 1. The third-order valence-electron chi connectivity index (χ3n) is 3.72. The highest BCUT2D eigenvalue weighted by Crippen LogP contribution is 2.23. The summed E-state index contributed by atoms with van der Waals surface area (Å²) in [5.74, 6) is 0.731. The van der Waals surface area contributed by atoms with E-state index in [-0.39, 0.29) is 11.9 Å². The molecule has 0 saturated carbocycles. The number of rotatable bonds is 4. The molecule has 0 saturated heterocycles. The molecule has 0 aliphatic heterocycles. The molecule has 0 amide bonds. The summed E-state index contributed by atoms with van der Waals surface area (Å²) in [5.41, 5.74) is 2.49. The number of fused-ring (bicyclic) bond motifs is 1. The topological polar surface area (TPSA) is 25.2 Å². The third-order valence-corrected chi connectivity index (χ3v) is 3.72. The summed E-state index contributed by atoms with van der Waals surface area (Å²) >= 11 is 0. The van der Waals surface area contributed by atoms with Crippen molar-refractivity contribution in [3.8, 4) is 0 Å². The largest absolute Gasteiger partial charge is 0.459 e. The molecule has 3 heteroatoms. The molecule has 108 valence electrons. The zero-order valence-electron chi connectivity index (χ0n) is 12.2. The van der Waals surface area contributed by atoms with Crippen LogP contribution in [0.3, 0.4) is 0 Å². The molecular formula is C18H18FNO. The zero-order chi connectivity index (χ0) is 14.8. The van der Waals surface area contributed by atoms with Crippen LogP contribution in [0.5, 0.6) is 0 Å². The maximum Gasteiger partial charge on any atom is 0.134 e. The van der Waals surface area contributed by atoms with Crippen LogP contribution in [-0.4, -0.2) is 0 Å². The highest BCUT2D eigenvalue weighted by Gasteiger charge is 2.11. The van der Waals surface area contributed by atoms with Crippen LogP contribution in [0.25, 0.3) is 11.0 Å². The quantitative estimate of drug-likeness (QED) is 0.748. The zero-order valence-corrected chi connectivity index (χ0v) is 12.2. The second-order valence-electron chi connectivity index (χ2n) is 5.37. The average Bonchev–Trinajstić information content (AvgIpc) is 2.92. The van der Waals surface area contributed by atoms with Crippen molar-refractivity contribution in [2.75, 3.05) is 0 Å². The second-order valence-corrected chi connectivity index (χ2v) is 5.37. The summed E-state index contributed by atoms with van der Waals surface area (Å²) in [4.78, 5) is 0. The Morgan fingerprint density at radius 2 is 1.95 bits per heavy atom. The Hall–Kier alpha value is -2.13. The van der Waals surface area contributed by atoms with Crippen LogP contribution in [-0.2, 0) is 6.54 Å². The van der Waals surface area contributed by atoms with Gasteiger partial charge in [-0.15, -0.1) is 0 Å². The summed E-state index contributed by atoms with van der Waals surface area (Å²) in [6.07, 6.45) is 0. The molecule has 1 heterocycles. The Labute approximate surface area is 123 Å². The molecule has 0 radical (unpaired) electrons. The SMILES string of the molecule is Cc1ccc(CNC(C)c2cc3ccccc3o2)cc1F. The van der Waals surface area contributed by atoms with E-state index in [4.69, 9.17) is 4.42 Å². The number of furan rings is 1. The monoisotopic (exact) mass is 283 g/mol. The molecule has 1 unspecified atom stereocenters. The van der Waals surface area contributed by atoms with Gasteiger partial charge in [-0.25, -0.2) is 4.39 Å². The number of hydrogen-bond donors (Lipinski definition) is 1. The van der Waals surface area contributed by atoms with Crippen molar-refractivity contribution < 1.29 is 8.81 Å². The highest BCUT2D eigenvalue weighted by molar-refractivity contribution is 5.77. The molecule has 3 aromatic rings. The van der Waals surface area contributed by atoms with E-state index in [9.17, 15) is 4.39 Å². The molecule has 2 nitrogen and oxygen atoms in total. The lowest BCUT2D eigenvalue weighted by atomic mass is 10.1. The lowest BCUT2D eigenvalue weighted by molar-refractivity contribution is 0.450. The van der Waals surface area contributed by atoms with Crippen molar-refractivity contribution in [3.05, 3.63) is 71.2 Å². The van der Waals surface area contributed by atoms with Gasteiger partial charge in [-0.05, 0) is 43.2 Å². The number of nitrogens with one attached hydrogen (secondary N) is 1. The van der Waals surface area contributed by atoms with E-state index in [0.29, 0.717) is 12.1 Å². The first kappa shape index (κ1) is 13.8. The van der Waals surface area contributed by atoms with Gasteiger partial charge in [0.2, 0.25) is 0 Å². The fourth-order valence-corrected chi connectivity index (χ4v) is 2.33. The summed E-state index contributed by atoms with van der Waals surface area (Å²) < 4.78 is 19.3. The van der Waals surface area contributed by atoms with E-state index < -0.39 is 0 Å². The Morgan fingerprint density at radius 1 is 1.14 bits per heavy atom. The van der Waals surface area contributed by atoms with Gasteiger partial charge in [0.25, 0.3) is 0 Å². The Bertz CT molecular complexity index is 730. The molecule has 1 aromatic heterocycles. The smallest absolute Gasteiger partial charge is 0.134 e. The van der Waals surface area contributed by atoms with Crippen LogP contribution in [0.4, 0.5) is 4.39 Å². The molecule has 0 aliphatic rings. The minimum Gasteiger partial charge on any atom is -0.459 e. The first-order valence-corrected chi connectivity index (χ1v) is 7.10. The van der Waals surface area contributed by atoms with E-state index in [1.54, 1.807) is 19.1 Å². The molecule has 0 fully saturated rings. The Balaban J connectivity index is 1.70. The minimum absolute atomic E-state index is 0.0711. The van der Waals surface area contributed by atoms with Crippen LogP contribution in [0, 0.1) is 12.7 Å². The maximum atomic E-state index is 13.5. The van der Waals surface area contributed by atoms with Gasteiger partial charge in [0, 0.05) is 11.9 Å². The van der Waals surface area contributed by atoms with Crippen molar-refractivity contribution in [1.29, 1.82) is 0 Å². The second kappa shape index (κ2) is 5.70. The van der Waals surface area contributed by atoms with Gasteiger partial charge < -0.3 is 9.73 Å². The summed E-state index contributed by atoms with van der Waals surface area (Å²) in [7, 11) is 0. The Morgan fingerprint density at radius 3 is 2.71 bits per heavy atom. The summed E-state index contributed by atoms with van der Waals surface area (Å²) in [5, 5.41) is 4.46. The summed E-state index contributed by atoms with van der Waals surface area (Å²) in [6.45, 7) is 4.42. The van der Waals surface area contributed by atoms with E-state index in [1.165, 1.54) is 0 Å². The fourth-order valence-electron chi connectivity index (χ4n) is 2.33. The highest BCUT2D eigenvalue weighted by atomic mass is 19.1. The van der Waals surface area contributed by atoms with Crippen molar-refractivity contribution in [1.82, 2.24) is 5.32 Å². The van der Waals surface area contributed by atoms with E-state index in [1.807, 2.05) is 43.3 Å². The van der Waals surface area contributed by atoms with Crippen molar-refractivity contribution in [2.24, 2.45) is 0 Å². The molecule has 3 rings (SSSR count). The molecule has 0 spiro atoms. The molecule has 2 aromatic carbocycles. The van der Waals surface area contributed by atoms with Crippen LogP contribution in [0.2, 0.25) is 0 Å². The summed E-state index contributed by atoms with van der Waals surface area (Å²) in [6, 6.07) is 15.4. The number of para-hydroxylation sites is 1. The number of hydrogen-bond acceptors (Lipinski definition) is 2. The van der Waals surface area contributed by atoms with Crippen molar-refractivity contribution in [3.63, 3.8) is 0 Å². The van der Waals surface area contributed by atoms with Gasteiger partial charge in [0.1, 0.15) is 17.2 Å². The predicted octanol–water partition coefficient (Wildman–Crippen LogP) is 4.73. The molecule has 1 N–H and O–H groups in total. The van der Waals surface area contributed by atoms with Crippen LogP contribution >= 0.6 is 0 Å². The van der Waals surface area contributed by atoms with Gasteiger partial charge >= 0.3 is 0 Å². The fraction of sp³-hybridized carbons (Fsp3) is 0.222. The van der Waals surface area contributed by atoms with E-state index in [2.05, 4.69) is 5.32 Å². The van der Waals surface area contributed by atoms with Gasteiger partial charge in [0.05, 0.1) is 6.04 Å². The number of aryl methyl sites for hydroxylation is 1. The van der Waals surface area contributed by atoms with E-state index >= 15 is 0 Å². The molecule has 0 aliphatic carbocycles. The van der Waals surface area contributed by atoms with Crippen molar-refractivity contribution in [2.45, 2.75) is 26.4 Å². The maximum absolute atomic E-state index is 13.5. The Kier molecular flexibility index (Phi) is 3.76. The van der Waals surface area contributed by atoms with Crippen LogP contribution in [0.1, 0.15) is 29.9 Å². The average molecular weight is 283 g/mol.